The highest BCUT2D eigenvalue weighted by Crippen LogP contribution is 2.24. The maximum atomic E-state index is 12.9. The van der Waals surface area contributed by atoms with Crippen LogP contribution in [0.1, 0.15) is 23.6 Å². The van der Waals surface area contributed by atoms with Crippen molar-refractivity contribution < 1.29 is 13.2 Å². The Morgan fingerprint density at radius 3 is 2.60 bits per heavy atom. The summed E-state index contributed by atoms with van der Waals surface area (Å²) in [5.74, 6) is -0.270. The molecule has 0 aliphatic rings. The molecule has 0 fully saturated rings. The minimum absolute atomic E-state index is 0.137. The van der Waals surface area contributed by atoms with Gasteiger partial charge in [-0.15, -0.1) is 0 Å². The van der Waals surface area contributed by atoms with Crippen LogP contribution in [0.2, 0.25) is 0 Å². The Morgan fingerprint density at radius 1 is 1.24 bits per heavy atom. The maximum Gasteiger partial charge on any atom is 0.243 e. The minimum Gasteiger partial charge on any atom is -0.326 e. The summed E-state index contributed by atoms with van der Waals surface area (Å²) in [5, 5.41) is 11.5. The first-order valence-electron chi connectivity index (χ1n) is 7.57. The van der Waals surface area contributed by atoms with Crippen LogP contribution in [-0.2, 0) is 21.4 Å². The second kappa shape index (κ2) is 7.47. The van der Waals surface area contributed by atoms with E-state index in [1.54, 1.807) is 43.3 Å². The summed E-state index contributed by atoms with van der Waals surface area (Å²) in [6, 6.07) is 13.6. The minimum atomic E-state index is -3.75. The molecule has 2 rings (SSSR count). The van der Waals surface area contributed by atoms with Crippen LogP contribution >= 0.6 is 0 Å². The van der Waals surface area contributed by atoms with Crippen molar-refractivity contribution in [2.24, 2.45) is 0 Å². The lowest BCUT2D eigenvalue weighted by Crippen LogP contribution is -2.27. The molecule has 7 heteroatoms. The van der Waals surface area contributed by atoms with E-state index in [2.05, 4.69) is 5.32 Å². The van der Waals surface area contributed by atoms with Crippen LogP contribution in [0.25, 0.3) is 0 Å². The molecule has 0 aliphatic carbocycles. The summed E-state index contributed by atoms with van der Waals surface area (Å²) >= 11 is 0. The topological polar surface area (TPSA) is 90.3 Å². The summed E-state index contributed by atoms with van der Waals surface area (Å²) in [6.45, 7) is 3.21. The average Bonchev–Trinajstić information content (AvgIpc) is 2.56. The molecule has 0 radical (unpaired) electrons. The van der Waals surface area contributed by atoms with E-state index in [4.69, 9.17) is 5.26 Å². The van der Waals surface area contributed by atoms with Crippen molar-refractivity contribution >= 4 is 21.6 Å². The highest BCUT2D eigenvalue weighted by Gasteiger charge is 2.23. The summed E-state index contributed by atoms with van der Waals surface area (Å²) in [5.41, 5.74) is 2.22. The van der Waals surface area contributed by atoms with E-state index in [0.717, 1.165) is 5.56 Å². The van der Waals surface area contributed by atoms with E-state index in [0.29, 0.717) is 16.8 Å². The molecule has 1 amide bonds. The van der Waals surface area contributed by atoms with Gasteiger partial charge in [0.05, 0.1) is 16.5 Å². The van der Waals surface area contributed by atoms with Crippen LogP contribution in [0.15, 0.2) is 47.4 Å². The lowest BCUT2D eigenvalue weighted by Gasteiger charge is -2.19. The second-order valence-corrected chi connectivity index (χ2v) is 7.75. The molecule has 0 saturated heterocycles. The Balaban J connectivity index is 2.33. The first-order chi connectivity index (χ1) is 11.7. The number of nitriles is 1. The fourth-order valence-corrected chi connectivity index (χ4v) is 3.81. The fourth-order valence-electron chi connectivity index (χ4n) is 2.41. The zero-order valence-corrected chi connectivity index (χ0v) is 15.1. The number of rotatable bonds is 5. The van der Waals surface area contributed by atoms with Crippen molar-refractivity contribution in [1.82, 2.24) is 4.31 Å². The molecule has 1 N–H and O–H groups in total. The number of hydrogen-bond donors (Lipinski definition) is 1. The van der Waals surface area contributed by atoms with Crippen molar-refractivity contribution in [3.8, 4) is 6.07 Å². The highest BCUT2D eigenvalue weighted by atomic mass is 32.2. The van der Waals surface area contributed by atoms with Crippen molar-refractivity contribution in [1.29, 1.82) is 5.26 Å². The van der Waals surface area contributed by atoms with Gasteiger partial charge >= 0.3 is 0 Å². The van der Waals surface area contributed by atoms with E-state index in [1.165, 1.54) is 24.3 Å². The summed E-state index contributed by atoms with van der Waals surface area (Å²) in [4.78, 5) is 11.3. The molecular weight excluding hydrogens is 338 g/mol. The van der Waals surface area contributed by atoms with Gasteiger partial charge in [-0.05, 0) is 42.3 Å². The lowest BCUT2D eigenvalue weighted by atomic mass is 10.1. The average molecular weight is 357 g/mol. The highest BCUT2D eigenvalue weighted by molar-refractivity contribution is 7.89. The quantitative estimate of drug-likeness (QED) is 0.891. The smallest absolute Gasteiger partial charge is 0.243 e. The monoisotopic (exact) mass is 357 g/mol. The fraction of sp³-hybridized carbons (Fsp3) is 0.222. The number of carbonyl (C=O) groups excluding carboxylic acids is 1. The number of amides is 1. The standard InChI is InChI=1S/C18H19N3O3S/c1-13-7-8-17(20-14(2)22)10-18(13)25(23,24)21(3)12-16-6-4-5-15(9-16)11-19/h4-10H,12H2,1-3H3,(H,20,22). The molecule has 0 heterocycles. The number of carbonyl (C=O) groups is 1. The number of aryl methyl sites for hydroxylation is 1. The SMILES string of the molecule is CC(=O)Nc1ccc(C)c(S(=O)(=O)N(C)Cc2cccc(C#N)c2)c1. The Kier molecular flexibility index (Phi) is 5.57. The van der Waals surface area contributed by atoms with Gasteiger partial charge < -0.3 is 5.32 Å². The van der Waals surface area contributed by atoms with Crippen LogP contribution in [0, 0.1) is 18.3 Å². The van der Waals surface area contributed by atoms with E-state index in [-0.39, 0.29) is 17.3 Å². The van der Waals surface area contributed by atoms with E-state index < -0.39 is 10.0 Å². The van der Waals surface area contributed by atoms with Gasteiger partial charge in [0.1, 0.15) is 0 Å². The van der Waals surface area contributed by atoms with E-state index in [9.17, 15) is 13.2 Å². The molecule has 0 saturated carbocycles. The first-order valence-corrected chi connectivity index (χ1v) is 9.01. The zero-order valence-electron chi connectivity index (χ0n) is 14.3. The van der Waals surface area contributed by atoms with Crippen LogP contribution in [0.4, 0.5) is 5.69 Å². The zero-order chi connectivity index (χ0) is 18.6. The number of nitrogens with one attached hydrogen (secondary N) is 1. The van der Waals surface area contributed by atoms with Gasteiger partial charge in [-0.1, -0.05) is 18.2 Å². The predicted octanol–water partition coefficient (Wildman–Crippen LogP) is 2.65. The molecule has 25 heavy (non-hydrogen) atoms. The van der Waals surface area contributed by atoms with Crippen LogP contribution in [0.5, 0.6) is 0 Å². The number of nitrogens with zero attached hydrogens (tertiary/aromatic N) is 2. The number of benzene rings is 2. The van der Waals surface area contributed by atoms with Crippen LogP contribution < -0.4 is 5.32 Å². The molecule has 0 bridgehead atoms. The summed E-state index contributed by atoms with van der Waals surface area (Å²) in [6.07, 6.45) is 0. The van der Waals surface area contributed by atoms with Crippen LogP contribution in [0.3, 0.4) is 0 Å². The molecule has 2 aromatic rings. The molecule has 6 nitrogen and oxygen atoms in total. The van der Waals surface area contributed by atoms with Gasteiger partial charge in [0.2, 0.25) is 15.9 Å². The first kappa shape index (κ1) is 18.6. The largest absolute Gasteiger partial charge is 0.326 e. The summed E-state index contributed by atoms with van der Waals surface area (Å²) < 4.78 is 27.0. The number of sulfonamides is 1. The van der Waals surface area contributed by atoms with Gasteiger partial charge in [-0.3, -0.25) is 4.79 Å². The van der Waals surface area contributed by atoms with Crippen molar-refractivity contribution in [2.45, 2.75) is 25.3 Å². The Bertz CT molecular complexity index is 946. The molecule has 0 spiro atoms. The molecule has 0 aliphatic heterocycles. The molecule has 0 aromatic heterocycles. The number of hydrogen-bond acceptors (Lipinski definition) is 4. The third-order valence-corrected chi connectivity index (χ3v) is 5.60. The maximum absolute atomic E-state index is 12.9. The molecular formula is C18H19N3O3S. The molecule has 0 unspecified atom stereocenters. The van der Waals surface area contributed by atoms with Crippen molar-refractivity contribution in [2.75, 3.05) is 12.4 Å². The molecule has 130 valence electrons. The van der Waals surface area contributed by atoms with Gasteiger partial charge in [-0.2, -0.15) is 9.57 Å². The molecule has 0 atom stereocenters. The Morgan fingerprint density at radius 2 is 1.96 bits per heavy atom. The Hall–Kier alpha value is -2.69. The third kappa shape index (κ3) is 4.44. The third-order valence-electron chi connectivity index (χ3n) is 3.66. The van der Waals surface area contributed by atoms with E-state index >= 15 is 0 Å². The van der Waals surface area contributed by atoms with Gasteiger partial charge in [0, 0.05) is 26.2 Å². The number of anilines is 1. The van der Waals surface area contributed by atoms with Crippen LogP contribution in [-0.4, -0.2) is 25.7 Å². The van der Waals surface area contributed by atoms with Gasteiger partial charge in [0.25, 0.3) is 0 Å². The van der Waals surface area contributed by atoms with Gasteiger partial charge in [-0.25, -0.2) is 8.42 Å². The van der Waals surface area contributed by atoms with Gasteiger partial charge in [0.15, 0.2) is 0 Å². The summed E-state index contributed by atoms with van der Waals surface area (Å²) in [7, 11) is -2.26. The lowest BCUT2D eigenvalue weighted by molar-refractivity contribution is -0.114. The Labute approximate surface area is 147 Å². The molecule has 2 aromatic carbocycles. The van der Waals surface area contributed by atoms with Crippen molar-refractivity contribution in [3.63, 3.8) is 0 Å². The van der Waals surface area contributed by atoms with E-state index in [1.807, 2.05) is 6.07 Å². The normalized spacial score (nSPS) is 11.2. The second-order valence-electron chi connectivity index (χ2n) is 5.73. The predicted molar refractivity (Wildman–Crippen MR) is 95.3 cm³/mol. The van der Waals surface area contributed by atoms with Crippen molar-refractivity contribution in [3.05, 3.63) is 59.2 Å².